The number of thiazole rings is 1. The molecule has 2 aromatic rings. The fraction of sp³-hybridized carbons (Fsp3) is 0.400. The molecule has 0 atom stereocenters. The SMILES string of the molecule is CNS(=O)(=O)c1ccc(CS(=O)(=O)Cc2csc(C(C)C)n2)cc1. The van der Waals surface area contributed by atoms with E-state index in [0.717, 1.165) is 5.01 Å². The summed E-state index contributed by atoms with van der Waals surface area (Å²) in [5.41, 5.74) is 1.10. The molecule has 0 saturated heterocycles. The quantitative estimate of drug-likeness (QED) is 0.785. The average molecular weight is 389 g/mol. The molecule has 1 heterocycles. The summed E-state index contributed by atoms with van der Waals surface area (Å²) in [4.78, 5) is 4.45. The van der Waals surface area contributed by atoms with Gasteiger partial charge < -0.3 is 0 Å². The minimum absolute atomic E-state index is 0.104. The number of nitrogens with one attached hydrogen (secondary N) is 1. The fourth-order valence-electron chi connectivity index (χ4n) is 2.07. The molecule has 0 aliphatic rings. The molecule has 9 heteroatoms. The van der Waals surface area contributed by atoms with Crippen LogP contribution >= 0.6 is 11.3 Å². The average Bonchev–Trinajstić information content (AvgIpc) is 2.95. The Bertz CT molecular complexity index is 898. The van der Waals surface area contributed by atoms with Gasteiger partial charge in [0, 0.05) is 11.3 Å². The van der Waals surface area contributed by atoms with E-state index in [1.807, 2.05) is 13.8 Å². The Hall–Kier alpha value is -1.29. The highest BCUT2D eigenvalue weighted by Crippen LogP contribution is 2.21. The zero-order valence-electron chi connectivity index (χ0n) is 13.7. The van der Waals surface area contributed by atoms with Gasteiger partial charge in [0.05, 0.1) is 27.1 Å². The van der Waals surface area contributed by atoms with Gasteiger partial charge in [0.1, 0.15) is 0 Å². The minimum atomic E-state index is -3.52. The molecule has 132 valence electrons. The second-order valence-corrected chi connectivity index (χ2v) is 10.6. The number of aromatic nitrogens is 1. The largest absolute Gasteiger partial charge is 0.245 e. The van der Waals surface area contributed by atoms with Crippen LogP contribution in [0.25, 0.3) is 0 Å². The first-order valence-corrected chi connectivity index (χ1v) is 11.5. The number of benzene rings is 1. The topological polar surface area (TPSA) is 93.2 Å². The zero-order valence-corrected chi connectivity index (χ0v) is 16.1. The molecule has 0 bridgehead atoms. The van der Waals surface area contributed by atoms with Crippen molar-refractivity contribution in [3.63, 3.8) is 0 Å². The Morgan fingerprint density at radius 1 is 1.08 bits per heavy atom. The molecule has 2 rings (SSSR count). The van der Waals surface area contributed by atoms with Gasteiger partial charge >= 0.3 is 0 Å². The zero-order chi connectivity index (χ0) is 18.0. The van der Waals surface area contributed by atoms with Crippen molar-refractivity contribution < 1.29 is 16.8 Å². The van der Waals surface area contributed by atoms with Crippen molar-refractivity contribution in [1.29, 1.82) is 0 Å². The van der Waals surface area contributed by atoms with Gasteiger partial charge in [-0.15, -0.1) is 11.3 Å². The molecule has 0 aliphatic carbocycles. The molecule has 1 aromatic heterocycles. The van der Waals surface area contributed by atoms with Gasteiger partial charge in [-0.2, -0.15) is 0 Å². The lowest BCUT2D eigenvalue weighted by Crippen LogP contribution is -2.18. The first kappa shape index (κ1) is 19.0. The Morgan fingerprint density at radius 3 is 2.21 bits per heavy atom. The maximum atomic E-state index is 12.3. The normalized spacial score (nSPS) is 12.7. The van der Waals surface area contributed by atoms with E-state index in [9.17, 15) is 16.8 Å². The van der Waals surface area contributed by atoms with Crippen molar-refractivity contribution in [3.05, 3.63) is 45.9 Å². The highest BCUT2D eigenvalue weighted by Gasteiger charge is 2.17. The number of nitrogens with zero attached hydrogens (tertiary/aromatic N) is 1. The van der Waals surface area contributed by atoms with Gasteiger partial charge in [-0.3, -0.25) is 0 Å². The predicted molar refractivity (Wildman–Crippen MR) is 95.2 cm³/mol. The summed E-state index contributed by atoms with van der Waals surface area (Å²) in [5, 5.41) is 2.69. The van der Waals surface area contributed by atoms with Crippen molar-refractivity contribution in [2.75, 3.05) is 7.05 Å². The van der Waals surface area contributed by atoms with Crippen molar-refractivity contribution in [1.82, 2.24) is 9.71 Å². The molecule has 0 aliphatic heterocycles. The highest BCUT2D eigenvalue weighted by atomic mass is 32.2. The lowest BCUT2D eigenvalue weighted by Gasteiger charge is -2.06. The summed E-state index contributed by atoms with van der Waals surface area (Å²) in [6, 6.07) is 5.83. The van der Waals surface area contributed by atoms with Crippen molar-refractivity contribution >= 4 is 31.2 Å². The lowest BCUT2D eigenvalue weighted by atomic mass is 10.2. The molecule has 0 spiro atoms. The highest BCUT2D eigenvalue weighted by molar-refractivity contribution is 7.90. The Kier molecular flexibility index (Phi) is 5.79. The number of rotatable bonds is 7. The lowest BCUT2D eigenvalue weighted by molar-refractivity contribution is 0.588. The molecule has 1 N–H and O–H groups in total. The maximum Gasteiger partial charge on any atom is 0.240 e. The van der Waals surface area contributed by atoms with Crippen LogP contribution in [0.2, 0.25) is 0 Å². The van der Waals surface area contributed by atoms with Crippen molar-refractivity contribution in [2.24, 2.45) is 0 Å². The van der Waals surface area contributed by atoms with Crippen LogP contribution in [0.5, 0.6) is 0 Å². The maximum absolute atomic E-state index is 12.3. The van der Waals surface area contributed by atoms with E-state index in [-0.39, 0.29) is 22.3 Å². The van der Waals surface area contributed by atoms with Crippen molar-refractivity contribution in [2.45, 2.75) is 36.2 Å². The van der Waals surface area contributed by atoms with Crippen LogP contribution in [0.15, 0.2) is 34.5 Å². The standard InChI is InChI=1S/C15H20N2O4S3/c1-11(2)15-17-13(8-22-15)10-23(18,19)9-12-4-6-14(7-5-12)24(20,21)16-3/h4-8,11,16H,9-10H2,1-3H3. The molecule has 0 radical (unpaired) electrons. The summed E-state index contributed by atoms with van der Waals surface area (Å²) in [7, 11) is -5.57. The van der Waals surface area contributed by atoms with E-state index in [1.54, 1.807) is 5.38 Å². The molecule has 0 amide bonds. The van der Waals surface area contributed by atoms with Gasteiger partial charge in [0.25, 0.3) is 0 Å². The van der Waals surface area contributed by atoms with Crippen LogP contribution in [-0.4, -0.2) is 28.9 Å². The molecule has 0 unspecified atom stereocenters. The second kappa shape index (κ2) is 7.30. The summed E-state index contributed by atoms with van der Waals surface area (Å²) < 4.78 is 50.2. The predicted octanol–water partition coefficient (Wildman–Crippen LogP) is 2.29. The summed E-state index contributed by atoms with van der Waals surface area (Å²) in [6.45, 7) is 4.02. The van der Waals surface area contributed by atoms with Crippen LogP contribution in [0.4, 0.5) is 0 Å². The number of hydrogen-bond acceptors (Lipinski definition) is 6. The van der Waals surface area contributed by atoms with E-state index >= 15 is 0 Å². The summed E-state index contributed by atoms with van der Waals surface area (Å²) in [5.74, 6) is 0.00177. The molecular formula is C15H20N2O4S3. The monoisotopic (exact) mass is 388 g/mol. The number of hydrogen-bond donors (Lipinski definition) is 1. The first-order chi connectivity index (χ1) is 11.1. The summed E-state index contributed by atoms with van der Waals surface area (Å²) >= 11 is 1.46. The molecule has 6 nitrogen and oxygen atoms in total. The number of sulfone groups is 1. The molecule has 0 saturated carbocycles. The Labute approximate surface area is 146 Å². The van der Waals surface area contributed by atoms with Gasteiger partial charge in [-0.1, -0.05) is 26.0 Å². The van der Waals surface area contributed by atoms with E-state index in [1.165, 1.54) is 42.6 Å². The molecule has 1 aromatic carbocycles. The fourth-order valence-corrected chi connectivity index (χ4v) is 5.14. The van der Waals surface area contributed by atoms with Crippen LogP contribution in [-0.2, 0) is 31.4 Å². The number of sulfonamides is 1. The van der Waals surface area contributed by atoms with E-state index in [4.69, 9.17) is 0 Å². The van der Waals surface area contributed by atoms with Gasteiger partial charge in [0.15, 0.2) is 9.84 Å². The van der Waals surface area contributed by atoms with E-state index in [0.29, 0.717) is 11.3 Å². The summed E-state index contributed by atoms with van der Waals surface area (Å²) in [6.07, 6.45) is 0. The van der Waals surface area contributed by atoms with E-state index < -0.39 is 19.9 Å². The van der Waals surface area contributed by atoms with Gasteiger partial charge in [0.2, 0.25) is 10.0 Å². The minimum Gasteiger partial charge on any atom is -0.245 e. The van der Waals surface area contributed by atoms with Crippen LogP contribution in [0.1, 0.15) is 36.0 Å². The molecule has 0 fully saturated rings. The van der Waals surface area contributed by atoms with Crippen molar-refractivity contribution in [3.8, 4) is 0 Å². The van der Waals surface area contributed by atoms with Crippen LogP contribution in [0.3, 0.4) is 0 Å². The van der Waals surface area contributed by atoms with E-state index in [2.05, 4.69) is 9.71 Å². The second-order valence-electron chi connectivity index (χ2n) is 5.72. The molecular weight excluding hydrogens is 368 g/mol. The van der Waals surface area contributed by atoms with Gasteiger partial charge in [-0.25, -0.2) is 26.5 Å². The first-order valence-electron chi connectivity index (χ1n) is 7.30. The third-order valence-corrected chi connectivity index (χ3v) is 7.45. The third-order valence-electron chi connectivity index (χ3n) is 3.32. The third kappa shape index (κ3) is 4.85. The Balaban J connectivity index is 2.11. The Morgan fingerprint density at radius 2 is 1.71 bits per heavy atom. The molecule has 24 heavy (non-hydrogen) atoms. The van der Waals surface area contributed by atoms with Crippen LogP contribution < -0.4 is 4.72 Å². The van der Waals surface area contributed by atoms with Crippen LogP contribution in [0, 0.1) is 0 Å². The smallest absolute Gasteiger partial charge is 0.240 e. The van der Waals surface area contributed by atoms with Gasteiger partial charge in [-0.05, 0) is 24.7 Å².